The Morgan fingerprint density at radius 3 is 2.18 bits per heavy atom. The molecule has 0 radical (unpaired) electrons. The molecule has 0 saturated carbocycles. The van der Waals surface area contributed by atoms with E-state index in [0.29, 0.717) is 11.4 Å². The fraction of sp³-hybridized carbons (Fsp3) is 0. The van der Waals surface area contributed by atoms with Crippen LogP contribution in [-0.4, -0.2) is 25.8 Å². The van der Waals surface area contributed by atoms with Crippen LogP contribution in [0.4, 0.5) is 34.4 Å². The van der Waals surface area contributed by atoms with Gasteiger partial charge in [0, 0.05) is 11.9 Å². The Kier molecular flexibility index (Phi) is 6.69. The Morgan fingerprint density at radius 2 is 1.50 bits per heavy atom. The second-order valence-corrected chi connectivity index (χ2v) is 6.68. The average molecular weight is 455 g/mol. The number of hydrazine groups is 1. The maximum atomic E-state index is 12.2. The summed E-state index contributed by atoms with van der Waals surface area (Å²) in [6, 6.07) is 20.9. The molecule has 0 unspecified atom stereocenters. The molecule has 1 amide bonds. The van der Waals surface area contributed by atoms with Crippen LogP contribution in [0.2, 0.25) is 0 Å². The van der Waals surface area contributed by atoms with E-state index in [1.807, 2.05) is 30.3 Å². The predicted octanol–water partition coefficient (Wildman–Crippen LogP) is 4.70. The number of carbonyl (C=O) groups is 1. The zero-order valence-corrected chi connectivity index (χ0v) is 17.5. The summed E-state index contributed by atoms with van der Waals surface area (Å²) in [5.41, 5.74) is 6.34. The van der Waals surface area contributed by atoms with Crippen LogP contribution >= 0.6 is 0 Å². The van der Waals surface area contributed by atoms with Gasteiger partial charge in [0.15, 0.2) is 0 Å². The first kappa shape index (κ1) is 22.0. The van der Waals surface area contributed by atoms with E-state index in [4.69, 9.17) is 0 Å². The molecule has 0 aliphatic heterocycles. The Balaban J connectivity index is 1.48. The van der Waals surface area contributed by atoms with Crippen LogP contribution in [0.5, 0.6) is 0 Å². The molecule has 0 bridgehead atoms. The molecule has 2 heterocycles. The number of hydrogen-bond acceptors (Lipinski definition) is 10. The lowest BCUT2D eigenvalue weighted by Crippen LogP contribution is -2.31. The van der Waals surface area contributed by atoms with E-state index in [1.54, 1.807) is 36.4 Å². The number of amides is 1. The van der Waals surface area contributed by atoms with Crippen molar-refractivity contribution in [3.8, 4) is 0 Å². The number of nitrogens with one attached hydrogen (secondary N) is 3. The maximum absolute atomic E-state index is 12.2. The maximum Gasteiger partial charge on any atom is 0.355 e. The van der Waals surface area contributed by atoms with E-state index in [0.717, 1.165) is 12.0 Å². The average Bonchev–Trinajstić information content (AvgIpc) is 2.88. The van der Waals surface area contributed by atoms with Crippen LogP contribution in [0.15, 0.2) is 95.5 Å². The second-order valence-electron chi connectivity index (χ2n) is 6.68. The number of aromatic nitrogens is 3. The number of nitro groups is 1. The Labute approximate surface area is 193 Å². The minimum atomic E-state index is -0.653. The molecule has 4 rings (SSSR count). The first-order valence-corrected chi connectivity index (χ1v) is 9.91. The van der Waals surface area contributed by atoms with Gasteiger partial charge in [-0.15, -0.1) is 0 Å². The van der Waals surface area contributed by atoms with E-state index >= 15 is 0 Å². The van der Waals surface area contributed by atoms with E-state index in [1.165, 1.54) is 12.3 Å². The highest BCUT2D eigenvalue weighted by Crippen LogP contribution is 2.31. The van der Waals surface area contributed by atoms with Gasteiger partial charge in [-0.25, -0.2) is 9.97 Å². The highest BCUT2D eigenvalue weighted by molar-refractivity contribution is 5.93. The fourth-order valence-electron chi connectivity index (χ4n) is 2.77. The highest BCUT2D eigenvalue weighted by Gasteiger charge is 2.24. The van der Waals surface area contributed by atoms with Gasteiger partial charge in [-0.05, 0) is 48.5 Å². The Morgan fingerprint density at radius 1 is 0.824 bits per heavy atom. The largest absolute Gasteiger partial charge is 0.355 e. The molecule has 0 aliphatic carbocycles. The van der Waals surface area contributed by atoms with Gasteiger partial charge in [-0.2, -0.15) is 10.2 Å². The summed E-state index contributed by atoms with van der Waals surface area (Å²) in [6.45, 7) is 0. The molecule has 0 atom stereocenters. The number of nitrogens with zero attached hydrogens (tertiary/aromatic N) is 6. The zero-order chi connectivity index (χ0) is 23.8. The van der Waals surface area contributed by atoms with Crippen molar-refractivity contribution >= 4 is 40.3 Å². The molecule has 34 heavy (non-hydrogen) atoms. The summed E-state index contributed by atoms with van der Waals surface area (Å²) < 4.78 is 0. The number of anilines is 3. The first-order valence-electron chi connectivity index (χ1n) is 9.91. The molecular weight excluding hydrogens is 438 g/mol. The smallest absolute Gasteiger partial charge is 0.334 e. The van der Waals surface area contributed by atoms with Crippen LogP contribution in [-0.2, 0) is 0 Å². The molecule has 12 heteroatoms. The molecule has 0 fully saturated rings. The molecule has 12 nitrogen and oxygen atoms in total. The summed E-state index contributed by atoms with van der Waals surface area (Å²) in [7, 11) is 0. The molecule has 4 aromatic rings. The molecular formula is C22H17N9O3. The molecule has 2 aromatic heterocycles. The van der Waals surface area contributed by atoms with Crippen molar-refractivity contribution < 1.29 is 9.72 Å². The quantitative estimate of drug-likeness (QED) is 0.196. The van der Waals surface area contributed by atoms with E-state index in [2.05, 4.69) is 41.3 Å². The number of rotatable bonds is 8. The number of hydrogen-bond donors (Lipinski definition) is 3. The third kappa shape index (κ3) is 5.50. The van der Waals surface area contributed by atoms with Gasteiger partial charge >= 0.3 is 5.69 Å². The van der Waals surface area contributed by atoms with Crippen molar-refractivity contribution in [2.75, 3.05) is 10.7 Å². The van der Waals surface area contributed by atoms with Crippen LogP contribution in [0.3, 0.4) is 0 Å². The van der Waals surface area contributed by atoms with E-state index < -0.39 is 16.5 Å². The predicted molar refractivity (Wildman–Crippen MR) is 124 cm³/mol. The topological polar surface area (TPSA) is 160 Å². The molecule has 168 valence electrons. The van der Waals surface area contributed by atoms with Crippen molar-refractivity contribution in [2.45, 2.75) is 0 Å². The number of carbonyl (C=O) groups excluding carboxylic acids is 1. The molecule has 3 N–H and O–H groups in total. The zero-order valence-electron chi connectivity index (χ0n) is 17.5. The van der Waals surface area contributed by atoms with Crippen molar-refractivity contribution in [1.29, 1.82) is 0 Å². The summed E-state index contributed by atoms with van der Waals surface area (Å²) in [6.07, 6.45) is 2.59. The SMILES string of the molecule is O=C(NNc1ncnc(Nc2ccc(N=Nc3ccccc3)cc2)c1[N+](=O)[O-])c1ccccn1. The van der Waals surface area contributed by atoms with Crippen molar-refractivity contribution in [1.82, 2.24) is 20.4 Å². The Bertz CT molecular complexity index is 1310. The molecule has 0 spiro atoms. The van der Waals surface area contributed by atoms with E-state index in [9.17, 15) is 14.9 Å². The lowest BCUT2D eigenvalue weighted by Gasteiger charge is -2.10. The summed E-state index contributed by atoms with van der Waals surface area (Å²) >= 11 is 0. The lowest BCUT2D eigenvalue weighted by atomic mass is 10.3. The monoisotopic (exact) mass is 455 g/mol. The number of pyridine rings is 1. The van der Waals surface area contributed by atoms with Gasteiger partial charge in [0.05, 0.1) is 16.3 Å². The van der Waals surface area contributed by atoms with Gasteiger partial charge in [0.25, 0.3) is 5.91 Å². The lowest BCUT2D eigenvalue weighted by molar-refractivity contribution is -0.383. The molecule has 2 aromatic carbocycles. The molecule has 0 saturated heterocycles. The number of benzene rings is 2. The van der Waals surface area contributed by atoms with Gasteiger partial charge < -0.3 is 5.32 Å². The fourth-order valence-corrected chi connectivity index (χ4v) is 2.77. The van der Waals surface area contributed by atoms with Gasteiger partial charge in [0.2, 0.25) is 11.6 Å². The van der Waals surface area contributed by atoms with E-state index in [-0.39, 0.29) is 17.3 Å². The third-order valence-electron chi connectivity index (χ3n) is 4.36. The Hall–Kier alpha value is -5.26. The van der Waals surface area contributed by atoms with Crippen molar-refractivity contribution in [3.05, 3.63) is 101 Å². The van der Waals surface area contributed by atoms with Crippen molar-refractivity contribution in [2.24, 2.45) is 10.2 Å². The number of azo groups is 1. The molecule has 0 aliphatic rings. The standard InChI is InChI=1S/C22H17N9O3/c32-22(18-8-4-5-13-23-18)30-29-21-19(31(33)34)20(24-14-25-21)26-15-9-11-17(12-10-15)28-27-16-6-2-1-3-7-16/h1-14H,(H,30,32)(H2,24,25,26,29). The van der Waals surface area contributed by atoms with Crippen LogP contribution < -0.4 is 16.2 Å². The highest BCUT2D eigenvalue weighted by atomic mass is 16.6. The van der Waals surface area contributed by atoms with Crippen LogP contribution in [0, 0.1) is 10.1 Å². The summed E-state index contributed by atoms with van der Waals surface area (Å²) in [4.78, 5) is 35.0. The van der Waals surface area contributed by atoms with Crippen LogP contribution in [0.1, 0.15) is 10.5 Å². The summed E-state index contributed by atoms with van der Waals surface area (Å²) in [5, 5.41) is 22.9. The normalized spacial score (nSPS) is 10.6. The second kappa shape index (κ2) is 10.4. The minimum absolute atomic E-state index is 0.0618. The summed E-state index contributed by atoms with van der Waals surface area (Å²) in [5.74, 6) is -0.836. The van der Waals surface area contributed by atoms with Gasteiger partial charge in [-0.3, -0.25) is 30.7 Å². The first-order chi connectivity index (χ1) is 16.6. The minimum Gasteiger partial charge on any atom is -0.334 e. The van der Waals surface area contributed by atoms with Gasteiger partial charge in [0.1, 0.15) is 12.0 Å². The van der Waals surface area contributed by atoms with Gasteiger partial charge in [-0.1, -0.05) is 24.3 Å². The third-order valence-corrected chi connectivity index (χ3v) is 4.36. The van der Waals surface area contributed by atoms with Crippen molar-refractivity contribution in [3.63, 3.8) is 0 Å². The van der Waals surface area contributed by atoms with Crippen LogP contribution in [0.25, 0.3) is 0 Å².